The van der Waals surface area contributed by atoms with Crippen LogP contribution in [0.15, 0.2) is 15.0 Å². The van der Waals surface area contributed by atoms with E-state index in [0.717, 1.165) is 0 Å². The van der Waals surface area contributed by atoms with Crippen molar-refractivity contribution in [2.75, 3.05) is 0 Å². The van der Waals surface area contributed by atoms with Crippen molar-refractivity contribution in [1.29, 1.82) is 0 Å². The fraction of sp³-hybridized carbons (Fsp3) is 0.250. The normalized spacial score (nSPS) is 13.1. The van der Waals surface area contributed by atoms with Gasteiger partial charge >= 0.3 is 0 Å². The van der Waals surface area contributed by atoms with Crippen LogP contribution in [0.3, 0.4) is 0 Å². The zero-order valence-electron chi connectivity index (χ0n) is 5.57. The number of hydrogen-bond acceptors (Lipinski definition) is 6. The van der Waals surface area contributed by atoms with Crippen molar-refractivity contribution >= 4 is 62.4 Å². The second-order valence-electron chi connectivity index (χ2n) is 1.58. The van der Waals surface area contributed by atoms with Crippen molar-refractivity contribution in [3.05, 3.63) is 0 Å². The summed E-state index contributed by atoms with van der Waals surface area (Å²) in [6, 6.07) is 0. The summed E-state index contributed by atoms with van der Waals surface area (Å²) in [5.41, 5.74) is -0.981. The molecule has 0 N–H and O–H groups in total. The summed E-state index contributed by atoms with van der Waals surface area (Å²) in [4.78, 5) is 11.0. The topological polar surface area (TPSA) is 37.1 Å². The number of aliphatic imine (C=N–C) groups is 3. The summed E-state index contributed by atoms with van der Waals surface area (Å²) in [5, 5.41) is 6.48. The van der Waals surface area contributed by atoms with Crippen molar-refractivity contribution in [3.63, 3.8) is 0 Å². The summed E-state index contributed by atoms with van der Waals surface area (Å²) in [5.74, 6) is 0. The van der Waals surface area contributed by atoms with E-state index in [1.807, 2.05) is 0 Å². The van der Waals surface area contributed by atoms with Crippen LogP contribution in [0.25, 0.3) is 0 Å². The van der Waals surface area contributed by atoms with E-state index in [1.165, 1.54) is 0 Å². The minimum atomic E-state index is -0.981. The molecule has 3 nitrogen and oxygen atoms in total. The lowest BCUT2D eigenvalue weighted by Crippen LogP contribution is -2.19. The lowest BCUT2D eigenvalue weighted by molar-refractivity contribution is 0.688. The summed E-state index contributed by atoms with van der Waals surface area (Å²) in [6.07, 6.45) is 0. The quantitative estimate of drug-likeness (QED) is 0.387. The Hall–Kier alpha value is -0.383. The molecule has 7 heteroatoms. The molecule has 0 amide bonds. The second kappa shape index (κ2) is 5.29. The molecule has 0 bridgehead atoms. The molecule has 0 unspecified atom stereocenters. The Morgan fingerprint density at radius 2 is 1.18 bits per heavy atom. The van der Waals surface area contributed by atoms with Crippen molar-refractivity contribution in [1.82, 2.24) is 0 Å². The van der Waals surface area contributed by atoms with Gasteiger partial charge < -0.3 is 0 Å². The average molecular weight is 217 g/mol. The summed E-state index contributed by atoms with van der Waals surface area (Å²) >= 11 is 13.2. The van der Waals surface area contributed by atoms with E-state index in [0.29, 0.717) is 10.2 Å². The minimum absolute atomic E-state index is 0.510. The van der Waals surface area contributed by atoms with Gasteiger partial charge in [0.1, 0.15) is 0 Å². The molecule has 0 aromatic rings. The van der Waals surface area contributed by atoms with Crippen molar-refractivity contribution < 1.29 is 0 Å². The highest BCUT2D eigenvalue weighted by atomic mass is 32.1. The van der Waals surface area contributed by atoms with Gasteiger partial charge in [0.2, 0.25) is 5.41 Å². The molecule has 0 aromatic heterocycles. The van der Waals surface area contributed by atoms with E-state index < -0.39 is 5.41 Å². The van der Waals surface area contributed by atoms with E-state index in [1.54, 1.807) is 0 Å². The second-order valence-corrected chi connectivity index (χ2v) is 3.47. The van der Waals surface area contributed by atoms with Crippen LogP contribution in [0.2, 0.25) is 0 Å². The van der Waals surface area contributed by atoms with Crippen LogP contribution in [0, 0.1) is 0 Å². The van der Waals surface area contributed by atoms with Gasteiger partial charge in [-0.1, -0.05) is 0 Å². The predicted molar refractivity (Wildman–Crippen MR) is 57.7 cm³/mol. The highest BCUT2D eigenvalue weighted by Crippen LogP contribution is 2.06. The first-order chi connectivity index (χ1) is 5.18. The summed E-state index contributed by atoms with van der Waals surface area (Å²) in [7, 11) is 0.510. The van der Waals surface area contributed by atoms with Crippen LogP contribution in [0.4, 0.5) is 0 Å². The molecule has 11 heavy (non-hydrogen) atoms. The third kappa shape index (κ3) is 4.13. The Morgan fingerprint density at radius 1 is 0.909 bits per heavy atom. The van der Waals surface area contributed by atoms with Crippen LogP contribution in [0.5, 0.6) is 0 Å². The van der Waals surface area contributed by atoms with Gasteiger partial charge in [0, 0.05) is 0 Å². The average Bonchev–Trinajstić information content (AvgIpc) is 1.88. The SMILES string of the molecule is [SiH3]C(N=C=S)(N=C=S)N=C=S. The van der Waals surface area contributed by atoms with Crippen LogP contribution >= 0.6 is 36.7 Å². The smallest absolute Gasteiger partial charge is 0.183 e. The van der Waals surface area contributed by atoms with E-state index in [2.05, 4.69) is 67.1 Å². The molecule has 0 radical (unpaired) electrons. The van der Waals surface area contributed by atoms with Crippen molar-refractivity contribution in [2.24, 2.45) is 15.0 Å². The number of rotatable bonds is 3. The Kier molecular flexibility index (Phi) is 5.11. The van der Waals surface area contributed by atoms with E-state index in [4.69, 9.17) is 0 Å². The fourth-order valence-electron chi connectivity index (χ4n) is 0.334. The molecule has 0 saturated carbocycles. The van der Waals surface area contributed by atoms with Crippen molar-refractivity contribution in [2.45, 2.75) is 5.41 Å². The monoisotopic (exact) mass is 217 g/mol. The van der Waals surface area contributed by atoms with Crippen molar-refractivity contribution in [3.8, 4) is 0 Å². The molecular weight excluding hydrogens is 214 g/mol. The zero-order chi connectivity index (χ0) is 8.74. The minimum Gasteiger partial charge on any atom is -0.183 e. The predicted octanol–water partition coefficient (Wildman–Crippen LogP) is 0.271. The first-order valence-electron chi connectivity index (χ1n) is 2.45. The Bertz CT molecular complexity index is 237. The third-order valence-electron chi connectivity index (χ3n) is 0.772. The summed E-state index contributed by atoms with van der Waals surface area (Å²) in [6.45, 7) is 0. The largest absolute Gasteiger partial charge is 0.240 e. The van der Waals surface area contributed by atoms with Crippen LogP contribution in [0.1, 0.15) is 0 Å². The molecule has 0 rings (SSSR count). The van der Waals surface area contributed by atoms with E-state index in [9.17, 15) is 0 Å². The third-order valence-corrected chi connectivity index (χ3v) is 1.72. The number of thiocarbonyl (C=S) groups is 3. The maximum atomic E-state index is 4.39. The van der Waals surface area contributed by atoms with Gasteiger partial charge in [-0.2, -0.15) is 15.0 Å². The molecule has 0 spiro atoms. The molecule has 0 atom stereocenters. The van der Waals surface area contributed by atoms with Gasteiger partial charge in [-0.05, 0) is 36.7 Å². The van der Waals surface area contributed by atoms with Crippen LogP contribution < -0.4 is 0 Å². The molecule has 0 aliphatic rings. The highest BCUT2D eigenvalue weighted by Gasteiger charge is 2.17. The Morgan fingerprint density at radius 3 is 1.36 bits per heavy atom. The van der Waals surface area contributed by atoms with E-state index >= 15 is 0 Å². The lowest BCUT2D eigenvalue weighted by atomic mass is 10.9. The molecule has 0 aliphatic carbocycles. The fourth-order valence-corrected chi connectivity index (χ4v) is 1.67. The lowest BCUT2D eigenvalue weighted by Gasteiger charge is -2.07. The van der Waals surface area contributed by atoms with Gasteiger partial charge in [-0.15, -0.1) is 0 Å². The number of isothiocyanates is 3. The number of nitrogens with zero attached hydrogens (tertiary/aromatic N) is 3. The summed E-state index contributed by atoms with van der Waals surface area (Å²) < 4.78 is 0. The van der Waals surface area contributed by atoms with Gasteiger partial charge in [0.25, 0.3) is 0 Å². The molecule has 0 aliphatic heterocycles. The van der Waals surface area contributed by atoms with Crippen LogP contribution in [-0.2, 0) is 0 Å². The molecule has 0 saturated heterocycles. The molecule has 56 valence electrons. The van der Waals surface area contributed by atoms with E-state index in [-0.39, 0.29) is 0 Å². The molecule has 0 heterocycles. The highest BCUT2D eigenvalue weighted by molar-refractivity contribution is 7.78. The van der Waals surface area contributed by atoms with Crippen LogP contribution in [-0.4, -0.2) is 31.1 Å². The maximum absolute atomic E-state index is 4.39. The van der Waals surface area contributed by atoms with Gasteiger partial charge in [-0.3, -0.25) is 0 Å². The molecular formula is C4H3N3S3Si. The maximum Gasteiger partial charge on any atom is 0.240 e. The first-order valence-corrected chi connectivity index (χ1v) is 4.68. The van der Waals surface area contributed by atoms with Gasteiger partial charge in [0.05, 0.1) is 25.7 Å². The van der Waals surface area contributed by atoms with Gasteiger partial charge in [0.15, 0.2) is 0 Å². The Labute approximate surface area is 82.8 Å². The molecule has 0 fully saturated rings. The molecule has 0 aromatic carbocycles. The first kappa shape index (κ1) is 10.6. The zero-order valence-corrected chi connectivity index (χ0v) is 10.0. The standard InChI is InChI=1S/C4H3N3S3Si/c8-1-5-4(11,6-2-9)7-3-10/h11H3. The van der Waals surface area contributed by atoms with Gasteiger partial charge in [-0.25, -0.2) is 0 Å². The number of hydrogen-bond donors (Lipinski definition) is 0. The Balaban J connectivity index is 4.94.